The highest BCUT2D eigenvalue weighted by Gasteiger charge is 2.31. The number of fused-ring (bicyclic) bond motifs is 1. The van der Waals surface area contributed by atoms with Gasteiger partial charge in [-0.3, -0.25) is 9.88 Å². The van der Waals surface area contributed by atoms with Crippen molar-refractivity contribution in [2.75, 3.05) is 13.1 Å². The van der Waals surface area contributed by atoms with Gasteiger partial charge in [0.25, 0.3) is 0 Å². The zero-order valence-corrected chi connectivity index (χ0v) is 13.4. The molecule has 2 atom stereocenters. The molecule has 122 valence electrons. The lowest BCUT2D eigenvalue weighted by Crippen LogP contribution is -2.28. The minimum absolute atomic E-state index is 0.118. The summed E-state index contributed by atoms with van der Waals surface area (Å²) in [4.78, 5) is 6.72. The number of hydrogen-bond acceptors (Lipinski definition) is 3. The van der Waals surface area contributed by atoms with Gasteiger partial charge in [0, 0.05) is 43.2 Å². The summed E-state index contributed by atoms with van der Waals surface area (Å²) < 4.78 is 14.0. The van der Waals surface area contributed by atoms with Gasteiger partial charge < -0.3 is 5.73 Å². The second kappa shape index (κ2) is 6.30. The number of pyridine rings is 1. The third-order valence-corrected chi connectivity index (χ3v) is 4.86. The molecule has 1 saturated heterocycles. The molecule has 0 spiro atoms. The maximum atomic E-state index is 14.0. The molecule has 2 aromatic carbocycles. The van der Waals surface area contributed by atoms with E-state index in [0.717, 1.165) is 30.7 Å². The predicted molar refractivity (Wildman–Crippen MR) is 94.1 cm³/mol. The molecule has 1 fully saturated rings. The highest BCUT2D eigenvalue weighted by Crippen LogP contribution is 2.29. The first-order valence-corrected chi connectivity index (χ1v) is 8.27. The van der Waals surface area contributed by atoms with Gasteiger partial charge in [0.15, 0.2) is 0 Å². The molecule has 0 bridgehead atoms. The fourth-order valence-corrected chi connectivity index (χ4v) is 3.66. The van der Waals surface area contributed by atoms with Gasteiger partial charge in [-0.2, -0.15) is 0 Å². The fraction of sp³-hybridized carbons (Fsp3) is 0.250. The van der Waals surface area contributed by atoms with Crippen LogP contribution in [0.15, 0.2) is 60.8 Å². The lowest BCUT2D eigenvalue weighted by atomic mass is 9.95. The van der Waals surface area contributed by atoms with E-state index in [1.165, 1.54) is 11.6 Å². The number of halogens is 1. The van der Waals surface area contributed by atoms with Gasteiger partial charge in [-0.05, 0) is 29.3 Å². The highest BCUT2D eigenvalue weighted by atomic mass is 19.1. The Balaban J connectivity index is 1.58. The monoisotopic (exact) mass is 321 g/mol. The summed E-state index contributed by atoms with van der Waals surface area (Å²) in [6.07, 6.45) is 1.72. The van der Waals surface area contributed by atoms with E-state index in [0.29, 0.717) is 11.3 Å². The molecule has 2 N–H and O–H groups in total. The molecule has 0 unspecified atom stereocenters. The number of nitrogens with zero attached hydrogens (tertiary/aromatic N) is 2. The minimum Gasteiger partial charge on any atom is -0.326 e. The quantitative estimate of drug-likeness (QED) is 0.805. The predicted octanol–water partition coefficient (Wildman–Crippen LogP) is 3.30. The van der Waals surface area contributed by atoms with Gasteiger partial charge in [-0.15, -0.1) is 0 Å². The van der Waals surface area contributed by atoms with Gasteiger partial charge in [-0.25, -0.2) is 4.39 Å². The zero-order valence-electron chi connectivity index (χ0n) is 13.4. The normalized spacial score (nSPS) is 21.4. The van der Waals surface area contributed by atoms with Crippen LogP contribution in [0.25, 0.3) is 10.9 Å². The average Bonchev–Trinajstić information content (AvgIpc) is 2.99. The standard InChI is InChI=1S/C20H20FN3/c21-18-9-8-15(20-16(18)7-4-10-23-20)11-24-12-17(19(22)13-24)14-5-2-1-3-6-14/h1-10,17,19H,11-13,22H2/t17-,19+/m0/s1. The molecule has 0 radical (unpaired) electrons. The lowest BCUT2D eigenvalue weighted by Gasteiger charge is -2.17. The first-order chi connectivity index (χ1) is 11.7. The van der Waals surface area contributed by atoms with E-state index < -0.39 is 0 Å². The van der Waals surface area contributed by atoms with E-state index in [2.05, 4.69) is 34.1 Å². The second-order valence-electron chi connectivity index (χ2n) is 6.48. The second-order valence-corrected chi connectivity index (χ2v) is 6.48. The van der Waals surface area contributed by atoms with Crippen LogP contribution in [0.2, 0.25) is 0 Å². The van der Waals surface area contributed by atoms with Crippen molar-refractivity contribution < 1.29 is 4.39 Å². The highest BCUT2D eigenvalue weighted by molar-refractivity contribution is 5.82. The summed E-state index contributed by atoms with van der Waals surface area (Å²) in [5.41, 5.74) is 9.45. The molecule has 4 heteroatoms. The van der Waals surface area contributed by atoms with Gasteiger partial charge >= 0.3 is 0 Å². The summed E-state index contributed by atoms with van der Waals surface area (Å²) in [7, 11) is 0. The van der Waals surface area contributed by atoms with E-state index in [1.807, 2.05) is 12.1 Å². The Labute approximate surface area is 140 Å². The molecule has 0 saturated carbocycles. The van der Waals surface area contributed by atoms with E-state index in [4.69, 9.17) is 5.73 Å². The number of aromatic nitrogens is 1. The maximum absolute atomic E-state index is 14.0. The lowest BCUT2D eigenvalue weighted by molar-refractivity contribution is 0.324. The van der Waals surface area contributed by atoms with Crippen molar-refractivity contribution in [1.29, 1.82) is 0 Å². The van der Waals surface area contributed by atoms with Crippen molar-refractivity contribution in [2.24, 2.45) is 5.73 Å². The third kappa shape index (κ3) is 2.79. The molecule has 1 aliphatic rings. The van der Waals surface area contributed by atoms with Crippen molar-refractivity contribution in [3.05, 3.63) is 77.7 Å². The Hall–Kier alpha value is -2.30. The van der Waals surface area contributed by atoms with Crippen LogP contribution in [-0.4, -0.2) is 29.0 Å². The minimum atomic E-state index is -0.220. The molecule has 3 nitrogen and oxygen atoms in total. The first-order valence-electron chi connectivity index (χ1n) is 8.27. The van der Waals surface area contributed by atoms with Crippen molar-refractivity contribution >= 4 is 10.9 Å². The van der Waals surface area contributed by atoms with Crippen LogP contribution in [0.5, 0.6) is 0 Å². The van der Waals surface area contributed by atoms with Crippen LogP contribution in [0.3, 0.4) is 0 Å². The van der Waals surface area contributed by atoms with E-state index in [-0.39, 0.29) is 11.9 Å². The topological polar surface area (TPSA) is 42.1 Å². The Kier molecular flexibility index (Phi) is 4.00. The van der Waals surface area contributed by atoms with Crippen molar-refractivity contribution in [3.63, 3.8) is 0 Å². The maximum Gasteiger partial charge on any atom is 0.132 e. The van der Waals surface area contributed by atoms with Crippen LogP contribution >= 0.6 is 0 Å². The van der Waals surface area contributed by atoms with Gasteiger partial charge in [0.2, 0.25) is 0 Å². The molecule has 2 heterocycles. The van der Waals surface area contributed by atoms with Crippen LogP contribution in [0.4, 0.5) is 4.39 Å². The molecule has 0 amide bonds. The van der Waals surface area contributed by atoms with Gasteiger partial charge in [0.05, 0.1) is 5.52 Å². The molecule has 24 heavy (non-hydrogen) atoms. The summed E-state index contributed by atoms with van der Waals surface area (Å²) in [5.74, 6) is 0.119. The molecule has 3 aromatic rings. The summed E-state index contributed by atoms with van der Waals surface area (Å²) in [6, 6.07) is 17.5. The van der Waals surface area contributed by atoms with Gasteiger partial charge in [-0.1, -0.05) is 36.4 Å². The van der Waals surface area contributed by atoms with Crippen molar-refractivity contribution in [2.45, 2.75) is 18.5 Å². The summed E-state index contributed by atoms with van der Waals surface area (Å²) in [6.45, 7) is 2.49. The van der Waals surface area contributed by atoms with E-state index in [1.54, 1.807) is 18.3 Å². The molecule has 1 aliphatic heterocycles. The smallest absolute Gasteiger partial charge is 0.132 e. The molecular weight excluding hydrogens is 301 g/mol. The van der Waals surface area contributed by atoms with Crippen LogP contribution < -0.4 is 5.73 Å². The molecule has 1 aromatic heterocycles. The van der Waals surface area contributed by atoms with E-state index in [9.17, 15) is 4.39 Å². The molecule has 4 rings (SSSR count). The van der Waals surface area contributed by atoms with Crippen LogP contribution in [0, 0.1) is 5.82 Å². The van der Waals surface area contributed by atoms with E-state index >= 15 is 0 Å². The Morgan fingerprint density at radius 2 is 1.88 bits per heavy atom. The van der Waals surface area contributed by atoms with Crippen molar-refractivity contribution in [1.82, 2.24) is 9.88 Å². The van der Waals surface area contributed by atoms with Crippen LogP contribution in [-0.2, 0) is 6.54 Å². The first kappa shape index (κ1) is 15.2. The Morgan fingerprint density at radius 1 is 1.04 bits per heavy atom. The fourth-order valence-electron chi connectivity index (χ4n) is 3.66. The van der Waals surface area contributed by atoms with Crippen LogP contribution in [0.1, 0.15) is 17.0 Å². The molecular formula is C20H20FN3. The van der Waals surface area contributed by atoms with Crippen molar-refractivity contribution in [3.8, 4) is 0 Å². The van der Waals surface area contributed by atoms with Gasteiger partial charge in [0.1, 0.15) is 5.82 Å². The third-order valence-electron chi connectivity index (χ3n) is 4.86. The molecule has 0 aliphatic carbocycles. The largest absolute Gasteiger partial charge is 0.326 e. The number of rotatable bonds is 3. The number of benzene rings is 2. The number of hydrogen-bond donors (Lipinski definition) is 1. The summed E-state index contributed by atoms with van der Waals surface area (Å²) in [5, 5.41) is 0.582. The Bertz CT molecular complexity index is 850. The zero-order chi connectivity index (χ0) is 16.5. The SMILES string of the molecule is N[C@@H]1CN(Cc2ccc(F)c3cccnc23)C[C@H]1c1ccccc1. The average molecular weight is 321 g/mol. The summed E-state index contributed by atoms with van der Waals surface area (Å²) >= 11 is 0. The number of likely N-dealkylation sites (tertiary alicyclic amines) is 1. The number of nitrogens with two attached hydrogens (primary N) is 1. The Morgan fingerprint density at radius 3 is 2.71 bits per heavy atom.